The second-order valence-electron chi connectivity index (χ2n) is 15.2. The smallest absolute Gasteiger partial charge is 0.328 e. The van der Waals surface area contributed by atoms with Crippen molar-refractivity contribution in [2.24, 2.45) is 0 Å². The van der Waals surface area contributed by atoms with Crippen molar-refractivity contribution in [1.29, 1.82) is 0 Å². The Balaban J connectivity index is 0.756. The molecule has 5 aliphatic rings. The van der Waals surface area contributed by atoms with Gasteiger partial charge in [-0.15, -0.1) is 0 Å². The molecule has 0 spiro atoms. The van der Waals surface area contributed by atoms with Gasteiger partial charge in [-0.25, -0.2) is 24.1 Å². The topological polar surface area (TPSA) is 151 Å². The highest BCUT2D eigenvalue weighted by molar-refractivity contribution is 6.05. The standard InChI is InChI=1S/C41H46FN11O4/c1-26-35(23-44-39-38(26)43-11-19-57-39)52-12-8-28-22-45-40(47-34(28)25-52)46-29-3-2-27(33(42)21-29)20-37(55)50-17-15-49(16-18-50)32-9-13-51(24-32)30-4-6-31(7-5-30)53-14-10-36(54)48-41(53)56/h2-7,21-23,32,43H,8-20,24-25H2,1H3,(H,45,46,47)(H,48,54,56). The number of anilines is 6. The Morgan fingerprint density at radius 2 is 1.77 bits per heavy atom. The molecule has 0 radical (unpaired) electrons. The van der Waals surface area contributed by atoms with Gasteiger partial charge in [0, 0.05) is 100 Å². The number of nitrogens with zero attached hydrogens (tertiary/aromatic N) is 8. The van der Waals surface area contributed by atoms with Crippen LogP contribution in [0.4, 0.5) is 43.6 Å². The van der Waals surface area contributed by atoms with Crippen LogP contribution in [0.5, 0.6) is 5.88 Å². The first-order chi connectivity index (χ1) is 27.8. The molecule has 7 heterocycles. The summed E-state index contributed by atoms with van der Waals surface area (Å²) >= 11 is 0. The van der Waals surface area contributed by atoms with Gasteiger partial charge in [-0.1, -0.05) is 6.07 Å². The number of fused-ring (bicyclic) bond motifs is 2. The molecular formula is C41H46FN11O4. The van der Waals surface area contributed by atoms with Gasteiger partial charge in [-0.3, -0.25) is 24.7 Å². The molecule has 1 atom stereocenters. The first-order valence-electron chi connectivity index (χ1n) is 19.8. The summed E-state index contributed by atoms with van der Waals surface area (Å²) in [6.45, 7) is 9.76. The van der Waals surface area contributed by atoms with E-state index in [1.54, 1.807) is 17.0 Å². The molecule has 15 nitrogen and oxygen atoms in total. The Morgan fingerprint density at radius 1 is 0.947 bits per heavy atom. The lowest BCUT2D eigenvalue weighted by Gasteiger charge is -2.38. The lowest BCUT2D eigenvalue weighted by Crippen LogP contribution is -2.52. The minimum Gasteiger partial charge on any atom is -0.474 e. The molecule has 4 aromatic rings. The normalized spacial score (nSPS) is 19.7. The van der Waals surface area contributed by atoms with Crippen molar-refractivity contribution in [1.82, 2.24) is 30.1 Å². The molecule has 0 bridgehead atoms. The van der Waals surface area contributed by atoms with Gasteiger partial charge in [-0.2, -0.15) is 0 Å². The Bertz CT molecular complexity index is 2200. The van der Waals surface area contributed by atoms with Gasteiger partial charge in [0.15, 0.2) is 0 Å². The van der Waals surface area contributed by atoms with Crippen LogP contribution in [0.2, 0.25) is 0 Å². The molecule has 2 aromatic heterocycles. The number of piperazine rings is 1. The lowest BCUT2D eigenvalue weighted by atomic mass is 10.0. The fourth-order valence-electron chi connectivity index (χ4n) is 8.54. The average molecular weight is 776 g/mol. The van der Waals surface area contributed by atoms with Crippen LogP contribution in [0.15, 0.2) is 54.9 Å². The molecular weight excluding hydrogens is 730 g/mol. The number of rotatable bonds is 8. The highest BCUT2D eigenvalue weighted by atomic mass is 19.1. The maximum Gasteiger partial charge on any atom is 0.328 e. The van der Waals surface area contributed by atoms with E-state index in [2.05, 4.69) is 47.5 Å². The third-order valence-corrected chi connectivity index (χ3v) is 11.8. The van der Waals surface area contributed by atoms with Gasteiger partial charge in [0.25, 0.3) is 0 Å². The van der Waals surface area contributed by atoms with E-state index >= 15 is 4.39 Å². The van der Waals surface area contributed by atoms with Gasteiger partial charge < -0.3 is 30.1 Å². The molecule has 16 heteroatoms. The number of pyridine rings is 1. The number of imide groups is 1. The van der Waals surface area contributed by atoms with Crippen molar-refractivity contribution in [2.45, 2.75) is 45.2 Å². The molecule has 1 unspecified atom stereocenters. The number of benzene rings is 2. The first kappa shape index (κ1) is 36.6. The van der Waals surface area contributed by atoms with Gasteiger partial charge >= 0.3 is 6.03 Å². The minimum atomic E-state index is -0.447. The maximum absolute atomic E-state index is 15.4. The Kier molecular flexibility index (Phi) is 9.94. The number of hydrogen-bond acceptors (Lipinski definition) is 12. The third-order valence-electron chi connectivity index (χ3n) is 11.8. The zero-order valence-corrected chi connectivity index (χ0v) is 32.0. The summed E-state index contributed by atoms with van der Waals surface area (Å²) in [6.07, 6.45) is 5.81. The van der Waals surface area contributed by atoms with E-state index in [9.17, 15) is 14.4 Å². The summed E-state index contributed by atoms with van der Waals surface area (Å²) in [5, 5.41) is 8.94. The quantitative estimate of drug-likeness (QED) is 0.239. The third kappa shape index (κ3) is 7.60. The fraction of sp³-hybridized carbons (Fsp3) is 0.415. The van der Waals surface area contributed by atoms with Crippen LogP contribution in [-0.4, -0.2) is 114 Å². The van der Waals surface area contributed by atoms with Crippen LogP contribution in [0.25, 0.3) is 0 Å². The predicted octanol–water partition coefficient (Wildman–Crippen LogP) is 3.84. The van der Waals surface area contributed by atoms with Crippen molar-refractivity contribution < 1.29 is 23.5 Å². The molecule has 0 aliphatic carbocycles. The Labute approximate surface area is 330 Å². The van der Waals surface area contributed by atoms with E-state index in [1.807, 2.05) is 41.6 Å². The van der Waals surface area contributed by atoms with Gasteiger partial charge in [-0.05, 0) is 67.3 Å². The van der Waals surface area contributed by atoms with E-state index in [-0.39, 0.29) is 24.3 Å². The van der Waals surface area contributed by atoms with Gasteiger partial charge in [0.05, 0.1) is 30.5 Å². The van der Waals surface area contributed by atoms with E-state index in [4.69, 9.17) is 9.72 Å². The molecule has 4 amide bonds. The van der Waals surface area contributed by atoms with Crippen LogP contribution in [0, 0.1) is 12.7 Å². The summed E-state index contributed by atoms with van der Waals surface area (Å²) in [6, 6.07) is 12.7. The van der Waals surface area contributed by atoms with Crippen molar-refractivity contribution in [3.05, 3.63) is 83.1 Å². The monoisotopic (exact) mass is 775 g/mol. The number of hydrogen-bond donors (Lipinski definition) is 3. The van der Waals surface area contributed by atoms with Crippen LogP contribution >= 0.6 is 0 Å². The molecule has 3 N–H and O–H groups in total. The number of aromatic nitrogens is 3. The summed E-state index contributed by atoms with van der Waals surface area (Å²) in [5.41, 5.74) is 7.79. The molecule has 5 aliphatic heterocycles. The van der Waals surface area contributed by atoms with Gasteiger partial charge in [0.2, 0.25) is 23.6 Å². The zero-order chi connectivity index (χ0) is 39.0. The maximum atomic E-state index is 15.4. The summed E-state index contributed by atoms with van der Waals surface area (Å²) in [7, 11) is 0. The second kappa shape index (κ2) is 15.5. The largest absolute Gasteiger partial charge is 0.474 e. The van der Waals surface area contributed by atoms with E-state index in [0.29, 0.717) is 68.3 Å². The SMILES string of the molecule is Cc1c(N2CCc3cnc(Nc4ccc(CC(=O)N5CCN(C6CCN(c7ccc(N8CCC(=O)NC8=O)cc7)C6)CC5)c(F)c4)nc3C2)cnc2c1NCCO2. The van der Waals surface area contributed by atoms with E-state index < -0.39 is 5.82 Å². The number of amides is 4. The number of ether oxygens (including phenoxy) is 1. The molecule has 2 aromatic carbocycles. The minimum absolute atomic E-state index is 0.00149. The van der Waals surface area contributed by atoms with Crippen molar-refractivity contribution in [3.63, 3.8) is 0 Å². The fourth-order valence-corrected chi connectivity index (χ4v) is 8.54. The van der Waals surface area contributed by atoms with Crippen molar-refractivity contribution in [2.75, 3.05) is 90.8 Å². The zero-order valence-electron chi connectivity index (χ0n) is 32.0. The van der Waals surface area contributed by atoms with E-state index in [1.165, 1.54) is 6.07 Å². The number of carbonyl (C=O) groups excluding carboxylic acids is 3. The van der Waals surface area contributed by atoms with E-state index in [0.717, 1.165) is 91.7 Å². The van der Waals surface area contributed by atoms with Crippen LogP contribution in [0.3, 0.4) is 0 Å². The Morgan fingerprint density at radius 3 is 2.58 bits per heavy atom. The summed E-state index contributed by atoms with van der Waals surface area (Å²) in [5.74, 6) is 0.252. The number of nitrogens with one attached hydrogen (secondary N) is 3. The first-order valence-corrected chi connectivity index (χ1v) is 19.8. The van der Waals surface area contributed by atoms with Crippen LogP contribution < -0.4 is 35.4 Å². The molecule has 3 saturated heterocycles. The number of urea groups is 1. The highest BCUT2D eigenvalue weighted by Crippen LogP contribution is 2.36. The van der Waals surface area contributed by atoms with Gasteiger partial charge in [0.1, 0.15) is 18.1 Å². The number of carbonyl (C=O) groups is 3. The molecule has 9 rings (SSSR count). The molecule has 57 heavy (non-hydrogen) atoms. The highest BCUT2D eigenvalue weighted by Gasteiger charge is 2.32. The number of halogens is 1. The summed E-state index contributed by atoms with van der Waals surface area (Å²) < 4.78 is 21.1. The molecule has 296 valence electrons. The second-order valence-corrected chi connectivity index (χ2v) is 15.2. The van der Waals surface area contributed by atoms with Crippen molar-refractivity contribution in [3.8, 4) is 5.88 Å². The average Bonchev–Trinajstić information content (AvgIpc) is 3.73. The molecule has 0 saturated carbocycles. The van der Waals surface area contributed by atoms with Crippen molar-refractivity contribution >= 4 is 52.2 Å². The van der Waals surface area contributed by atoms with Crippen LogP contribution in [-0.2, 0) is 29.0 Å². The predicted molar refractivity (Wildman–Crippen MR) is 214 cm³/mol. The lowest BCUT2D eigenvalue weighted by molar-refractivity contribution is -0.132. The summed E-state index contributed by atoms with van der Waals surface area (Å²) in [4.78, 5) is 61.4. The van der Waals surface area contributed by atoms with Crippen LogP contribution in [0.1, 0.15) is 35.2 Å². The Hall–Kier alpha value is -6.03. The molecule has 3 fully saturated rings.